The minimum atomic E-state index is 0.180. The lowest BCUT2D eigenvalue weighted by atomic mass is 10.0. The number of nitrogens with zero attached hydrogens (tertiary/aromatic N) is 2. The Morgan fingerprint density at radius 2 is 1.87 bits per heavy atom. The zero-order valence-electron chi connectivity index (χ0n) is 13.7. The zero-order valence-corrected chi connectivity index (χ0v) is 13.7. The maximum Gasteiger partial charge on any atom is 0.201 e. The Morgan fingerprint density at radius 1 is 1.13 bits per heavy atom. The second kappa shape index (κ2) is 6.71. The number of imidazole rings is 1. The van der Waals surface area contributed by atoms with Crippen LogP contribution in [0.3, 0.4) is 0 Å². The summed E-state index contributed by atoms with van der Waals surface area (Å²) in [6, 6.07) is 16.3. The summed E-state index contributed by atoms with van der Waals surface area (Å²) in [5.74, 6) is 1.69. The minimum absolute atomic E-state index is 0.180. The molecule has 0 bridgehead atoms. The molecule has 1 atom stereocenters. The molecule has 0 aliphatic carbocycles. The first-order valence-electron chi connectivity index (χ1n) is 7.67. The first kappa shape index (κ1) is 15.4. The number of ether oxygens (including phenoxy) is 1. The Morgan fingerprint density at radius 3 is 2.61 bits per heavy atom. The average Bonchev–Trinajstić information content (AvgIpc) is 2.98. The SMILES string of the molecule is COc1ccccc1C(CNc1nc2ccccc2[nH]1)N(C)C. The highest BCUT2D eigenvalue weighted by Gasteiger charge is 2.18. The van der Waals surface area contributed by atoms with Gasteiger partial charge in [-0.2, -0.15) is 0 Å². The van der Waals surface area contributed by atoms with Crippen LogP contribution in [0.2, 0.25) is 0 Å². The van der Waals surface area contributed by atoms with E-state index in [4.69, 9.17) is 4.74 Å². The van der Waals surface area contributed by atoms with E-state index < -0.39 is 0 Å². The quantitative estimate of drug-likeness (QED) is 0.733. The molecule has 120 valence electrons. The van der Waals surface area contributed by atoms with Crippen LogP contribution in [-0.2, 0) is 0 Å². The summed E-state index contributed by atoms with van der Waals surface area (Å²) in [6.07, 6.45) is 0. The first-order chi connectivity index (χ1) is 11.2. The Bertz CT molecular complexity index is 748. The van der Waals surface area contributed by atoms with Gasteiger partial charge in [-0.3, -0.25) is 0 Å². The Kier molecular flexibility index (Phi) is 4.48. The van der Waals surface area contributed by atoms with Gasteiger partial charge in [-0.1, -0.05) is 30.3 Å². The van der Waals surface area contributed by atoms with Crippen LogP contribution < -0.4 is 10.1 Å². The van der Waals surface area contributed by atoms with Gasteiger partial charge in [0.2, 0.25) is 5.95 Å². The van der Waals surface area contributed by atoms with Crippen molar-refractivity contribution in [2.45, 2.75) is 6.04 Å². The van der Waals surface area contributed by atoms with E-state index in [1.54, 1.807) is 7.11 Å². The van der Waals surface area contributed by atoms with E-state index in [2.05, 4.69) is 40.3 Å². The van der Waals surface area contributed by atoms with E-state index in [0.717, 1.165) is 34.8 Å². The van der Waals surface area contributed by atoms with Crippen molar-refractivity contribution < 1.29 is 4.74 Å². The molecule has 0 amide bonds. The highest BCUT2D eigenvalue weighted by molar-refractivity contribution is 5.77. The molecule has 1 aromatic heterocycles. The number of hydrogen-bond acceptors (Lipinski definition) is 4. The summed E-state index contributed by atoms with van der Waals surface area (Å²) >= 11 is 0. The Balaban J connectivity index is 1.80. The first-order valence-corrected chi connectivity index (χ1v) is 7.67. The third-order valence-electron chi connectivity index (χ3n) is 3.97. The molecule has 2 aromatic carbocycles. The van der Waals surface area contributed by atoms with Gasteiger partial charge in [0.05, 0.1) is 24.2 Å². The summed E-state index contributed by atoms with van der Waals surface area (Å²) in [7, 11) is 5.84. The van der Waals surface area contributed by atoms with Gasteiger partial charge in [0, 0.05) is 12.1 Å². The normalized spacial score (nSPS) is 12.5. The third-order valence-corrected chi connectivity index (χ3v) is 3.97. The van der Waals surface area contributed by atoms with Crippen molar-refractivity contribution in [3.8, 4) is 5.75 Å². The molecule has 0 fully saturated rings. The molecule has 0 saturated heterocycles. The number of hydrogen-bond donors (Lipinski definition) is 2. The third kappa shape index (κ3) is 3.29. The molecule has 5 heteroatoms. The van der Waals surface area contributed by atoms with Crippen LogP contribution in [0.25, 0.3) is 11.0 Å². The Hall–Kier alpha value is -2.53. The number of H-pyrrole nitrogens is 1. The van der Waals surface area contributed by atoms with E-state index in [1.807, 2.05) is 42.5 Å². The van der Waals surface area contributed by atoms with Crippen LogP contribution in [0.1, 0.15) is 11.6 Å². The number of likely N-dealkylation sites (N-methyl/N-ethyl adjacent to an activating group) is 1. The predicted octanol–water partition coefficient (Wildman–Crippen LogP) is 3.29. The van der Waals surface area contributed by atoms with Crippen LogP contribution in [0, 0.1) is 0 Å². The molecular formula is C18H22N4O. The molecule has 5 nitrogen and oxygen atoms in total. The van der Waals surface area contributed by atoms with Crippen molar-refractivity contribution in [1.29, 1.82) is 0 Å². The van der Waals surface area contributed by atoms with Crippen LogP contribution in [0.5, 0.6) is 5.75 Å². The lowest BCUT2D eigenvalue weighted by molar-refractivity contribution is 0.299. The molecule has 0 aliphatic rings. The van der Waals surface area contributed by atoms with E-state index in [0.29, 0.717) is 0 Å². The largest absolute Gasteiger partial charge is 0.496 e. The number of methoxy groups -OCH3 is 1. The van der Waals surface area contributed by atoms with E-state index in [1.165, 1.54) is 0 Å². The molecule has 2 N–H and O–H groups in total. The fourth-order valence-corrected chi connectivity index (χ4v) is 2.74. The van der Waals surface area contributed by atoms with Crippen molar-refractivity contribution in [2.75, 3.05) is 33.1 Å². The van der Waals surface area contributed by atoms with Gasteiger partial charge in [-0.05, 0) is 32.3 Å². The van der Waals surface area contributed by atoms with Gasteiger partial charge < -0.3 is 19.9 Å². The van der Waals surface area contributed by atoms with Crippen molar-refractivity contribution in [2.24, 2.45) is 0 Å². The summed E-state index contributed by atoms with van der Waals surface area (Å²) in [5.41, 5.74) is 3.16. The second-order valence-corrected chi connectivity index (χ2v) is 5.70. The number of para-hydroxylation sites is 3. The number of benzene rings is 2. The number of fused-ring (bicyclic) bond motifs is 1. The number of anilines is 1. The van der Waals surface area contributed by atoms with Crippen LogP contribution >= 0.6 is 0 Å². The summed E-state index contributed by atoms with van der Waals surface area (Å²) in [5, 5.41) is 3.40. The van der Waals surface area contributed by atoms with Gasteiger partial charge in [-0.25, -0.2) is 4.98 Å². The summed E-state index contributed by atoms with van der Waals surface area (Å²) in [6.45, 7) is 0.729. The predicted molar refractivity (Wildman–Crippen MR) is 94.0 cm³/mol. The van der Waals surface area contributed by atoms with E-state index in [9.17, 15) is 0 Å². The molecule has 1 heterocycles. The van der Waals surface area contributed by atoms with Gasteiger partial charge in [0.15, 0.2) is 0 Å². The van der Waals surface area contributed by atoms with Gasteiger partial charge in [0.25, 0.3) is 0 Å². The van der Waals surface area contributed by atoms with E-state index >= 15 is 0 Å². The molecular weight excluding hydrogens is 288 g/mol. The van der Waals surface area contributed by atoms with Crippen molar-refractivity contribution in [1.82, 2.24) is 14.9 Å². The summed E-state index contributed by atoms with van der Waals surface area (Å²) in [4.78, 5) is 10.0. The number of rotatable bonds is 6. The molecule has 23 heavy (non-hydrogen) atoms. The van der Waals surface area contributed by atoms with Gasteiger partial charge >= 0.3 is 0 Å². The lowest BCUT2D eigenvalue weighted by Gasteiger charge is -2.26. The number of aromatic nitrogens is 2. The second-order valence-electron chi connectivity index (χ2n) is 5.70. The smallest absolute Gasteiger partial charge is 0.201 e. The Labute approximate surface area is 136 Å². The highest BCUT2D eigenvalue weighted by atomic mass is 16.5. The monoisotopic (exact) mass is 310 g/mol. The maximum atomic E-state index is 5.50. The topological polar surface area (TPSA) is 53.2 Å². The molecule has 1 unspecified atom stereocenters. The van der Waals surface area contributed by atoms with Crippen LogP contribution in [0.15, 0.2) is 48.5 Å². The molecule has 3 aromatic rings. The van der Waals surface area contributed by atoms with Gasteiger partial charge in [-0.15, -0.1) is 0 Å². The van der Waals surface area contributed by atoms with Crippen LogP contribution in [0.4, 0.5) is 5.95 Å². The number of aromatic amines is 1. The minimum Gasteiger partial charge on any atom is -0.496 e. The van der Waals surface area contributed by atoms with Crippen molar-refractivity contribution >= 4 is 17.0 Å². The molecule has 3 rings (SSSR count). The molecule has 0 spiro atoms. The van der Waals surface area contributed by atoms with Gasteiger partial charge in [0.1, 0.15) is 5.75 Å². The lowest BCUT2D eigenvalue weighted by Crippen LogP contribution is -2.27. The standard InChI is InChI=1S/C18H22N4O/c1-22(2)16(13-8-4-7-11-17(13)23-3)12-19-18-20-14-9-5-6-10-15(14)21-18/h4-11,16H,12H2,1-3H3,(H2,19,20,21). The van der Waals surface area contributed by atoms with Crippen molar-refractivity contribution in [3.63, 3.8) is 0 Å². The average molecular weight is 310 g/mol. The number of nitrogens with one attached hydrogen (secondary N) is 2. The zero-order chi connectivity index (χ0) is 16.2. The maximum absolute atomic E-state index is 5.50. The molecule has 0 radical (unpaired) electrons. The molecule has 0 aliphatic heterocycles. The summed E-state index contributed by atoms with van der Waals surface area (Å²) < 4.78 is 5.50. The highest BCUT2D eigenvalue weighted by Crippen LogP contribution is 2.28. The molecule has 0 saturated carbocycles. The van der Waals surface area contributed by atoms with Crippen molar-refractivity contribution in [3.05, 3.63) is 54.1 Å². The fourth-order valence-electron chi connectivity index (χ4n) is 2.74. The fraction of sp³-hybridized carbons (Fsp3) is 0.278. The van der Waals surface area contributed by atoms with E-state index in [-0.39, 0.29) is 6.04 Å². The van der Waals surface area contributed by atoms with Crippen LogP contribution in [-0.4, -0.2) is 42.6 Å².